The molecule has 2 aromatic rings. The van der Waals surface area contributed by atoms with Crippen LogP contribution in [-0.4, -0.2) is 39.5 Å². The highest BCUT2D eigenvalue weighted by Crippen LogP contribution is 2.32. The first kappa shape index (κ1) is 17.6. The summed E-state index contributed by atoms with van der Waals surface area (Å²) in [4.78, 5) is 16.5. The third kappa shape index (κ3) is 4.66. The lowest BCUT2D eigenvalue weighted by Gasteiger charge is -2.10. The van der Waals surface area contributed by atoms with Crippen LogP contribution in [0.4, 0.5) is 5.82 Å². The Morgan fingerprint density at radius 3 is 3.04 bits per heavy atom. The SMILES string of the molecule is COCC(C)n1ccc(NC(=O)CCc2nc(C3CCCC3)no2)n1. The zero-order chi connectivity index (χ0) is 17.6. The van der Waals surface area contributed by atoms with E-state index in [4.69, 9.17) is 9.26 Å². The Morgan fingerprint density at radius 2 is 2.28 bits per heavy atom. The molecular formula is C17H25N5O3. The molecule has 8 heteroatoms. The molecule has 1 aliphatic rings. The molecular weight excluding hydrogens is 322 g/mol. The number of carbonyl (C=O) groups excluding carboxylic acids is 1. The largest absolute Gasteiger partial charge is 0.382 e. The molecule has 1 atom stereocenters. The number of aromatic nitrogens is 4. The van der Waals surface area contributed by atoms with Crippen molar-refractivity contribution >= 4 is 11.7 Å². The topological polar surface area (TPSA) is 95.1 Å². The third-order valence-electron chi connectivity index (χ3n) is 4.51. The van der Waals surface area contributed by atoms with Gasteiger partial charge in [0, 0.05) is 38.1 Å². The third-order valence-corrected chi connectivity index (χ3v) is 4.51. The number of amides is 1. The number of aryl methyl sites for hydroxylation is 1. The van der Waals surface area contributed by atoms with E-state index in [1.165, 1.54) is 12.8 Å². The highest BCUT2D eigenvalue weighted by molar-refractivity contribution is 5.89. The van der Waals surface area contributed by atoms with E-state index in [1.54, 1.807) is 17.9 Å². The fourth-order valence-corrected chi connectivity index (χ4v) is 3.11. The van der Waals surface area contributed by atoms with Crippen LogP contribution in [0.3, 0.4) is 0 Å². The minimum Gasteiger partial charge on any atom is -0.382 e. The van der Waals surface area contributed by atoms with Crippen LogP contribution in [0.15, 0.2) is 16.8 Å². The van der Waals surface area contributed by atoms with E-state index in [-0.39, 0.29) is 18.4 Å². The van der Waals surface area contributed by atoms with Gasteiger partial charge in [-0.3, -0.25) is 9.48 Å². The lowest BCUT2D eigenvalue weighted by atomic mass is 10.1. The van der Waals surface area contributed by atoms with Crippen molar-refractivity contribution in [3.8, 4) is 0 Å². The lowest BCUT2D eigenvalue weighted by Crippen LogP contribution is -2.15. The molecule has 0 radical (unpaired) electrons. The summed E-state index contributed by atoms with van der Waals surface area (Å²) in [6, 6.07) is 1.89. The van der Waals surface area contributed by atoms with Gasteiger partial charge in [-0.25, -0.2) is 0 Å². The van der Waals surface area contributed by atoms with Crippen LogP contribution in [0.25, 0.3) is 0 Å². The minimum atomic E-state index is -0.120. The van der Waals surface area contributed by atoms with Crippen LogP contribution >= 0.6 is 0 Å². The second-order valence-corrected chi connectivity index (χ2v) is 6.56. The number of hydrogen-bond donors (Lipinski definition) is 1. The van der Waals surface area contributed by atoms with E-state index in [2.05, 4.69) is 20.6 Å². The second kappa shape index (κ2) is 8.24. The number of nitrogens with zero attached hydrogens (tertiary/aromatic N) is 4. The summed E-state index contributed by atoms with van der Waals surface area (Å²) < 4.78 is 12.1. The maximum absolute atomic E-state index is 12.1. The Hall–Kier alpha value is -2.22. The average Bonchev–Trinajstić information content (AvgIpc) is 3.34. The summed E-state index contributed by atoms with van der Waals surface area (Å²) in [6.07, 6.45) is 7.26. The Morgan fingerprint density at radius 1 is 1.48 bits per heavy atom. The lowest BCUT2D eigenvalue weighted by molar-refractivity contribution is -0.116. The van der Waals surface area contributed by atoms with Crippen LogP contribution < -0.4 is 5.32 Å². The molecule has 0 bridgehead atoms. The van der Waals surface area contributed by atoms with Gasteiger partial charge in [0.05, 0.1) is 12.6 Å². The summed E-state index contributed by atoms with van der Waals surface area (Å²) in [6.45, 7) is 2.56. The van der Waals surface area contributed by atoms with E-state index >= 15 is 0 Å². The minimum absolute atomic E-state index is 0.114. The first-order chi connectivity index (χ1) is 12.2. The summed E-state index contributed by atoms with van der Waals surface area (Å²) in [5, 5.41) is 11.2. The maximum atomic E-state index is 12.1. The normalized spacial score (nSPS) is 16.2. The van der Waals surface area contributed by atoms with Crippen LogP contribution in [0.1, 0.15) is 62.7 Å². The summed E-state index contributed by atoms with van der Waals surface area (Å²) >= 11 is 0. The number of methoxy groups -OCH3 is 1. The number of hydrogen-bond acceptors (Lipinski definition) is 6. The molecule has 3 rings (SSSR count). The monoisotopic (exact) mass is 347 g/mol. The Bertz CT molecular complexity index is 690. The quantitative estimate of drug-likeness (QED) is 0.789. The maximum Gasteiger partial charge on any atom is 0.227 e. The molecule has 1 saturated carbocycles. The molecule has 1 N–H and O–H groups in total. The highest BCUT2D eigenvalue weighted by atomic mass is 16.5. The molecule has 0 spiro atoms. The second-order valence-electron chi connectivity index (χ2n) is 6.56. The molecule has 136 valence electrons. The smallest absolute Gasteiger partial charge is 0.227 e. The van der Waals surface area contributed by atoms with Gasteiger partial charge >= 0.3 is 0 Å². The fourth-order valence-electron chi connectivity index (χ4n) is 3.11. The van der Waals surface area contributed by atoms with Gasteiger partial charge in [0.1, 0.15) is 0 Å². The van der Waals surface area contributed by atoms with E-state index < -0.39 is 0 Å². The zero-order valence-electron chi connectivity index (χ0n) is 14.8. The van der Waals surface area contributed by atoms with Crippen molar-refractivity contribution in [3.05, 3.63) is 24.0 Å². The molecule has 1 aliphatic carbocycles. The molecule has 0 aromatic carbocycles. The molecule has 0 saturated heterocycles. The Labute approximate surface area is 146 Å². The molecule has 1 unspecified atom stereocenters. The number of anilines is 1. The fraction of sp³-hybridized carbons (Fsp3) is 0.647. The van der Waals surface area contributed by atoms with Crippen molar-refractivity contribution in [1.82, 2.24) is 19.9 Å². The number of carbonyl (C=O) groups is 1. The van der Waals surface area contributed by atoms with Crippen molar-refractivity contribution in [2.24, 2.45) is 0 Å². The first-order valence-electron chi connectivity index (χ1n) is 8.82. The van der Waals surface area contributed by atoms with Crippen LogP contribution in [0.2, 0.25) is 0 Å². The van der Waals surface area contributed by atoms with Crippen molar-refractivity contribution in [2.75, 3.05) is 19.0 Å². The average molecular weight is 347 g/mol. The van der Waals surface area contributed by atoms with Gasteiger partial charge in [-0.2, -0.15) is 10.1 Å². The van der Waals surface area contributed by atoms with Crippen molar-refractivity contribution in [1.29, 1.82) is 0 Å². The predicted molar refractivity (Wildman–Crippen MR) is 91.3 cm³/mol. The number of rotatable bonds is 8. The van der Waals surface area contributed by atoms with Gasteiger partial charge in [-0.15, -0.1) is 0 Å². The Balaban J connectivity index is 1.46. The predicted octanol–water partition coefficient (Wildman–Crippen LogP) is 2.70. The van der Waals surface area contributed by atoms with Gasteiger partial charge < -0.3 is 14.6 Å². The van der Waals surface area contributed by atoms with Crippen LogP contribution in [0, 0.1) is 0 Å². The van der Waals surface area contributed by atoms with Gasteiger partial charge in [0.15, 0.2) is 11.6 Å². The molecule has 1 amide bonds. The van der Waals surface area contributed by atoms with Gasteiger partial charge in [-0.05, 0) is 19.8 Å². The van der Waals surface area contributed by atoms with Crippen molar-refractivity contribution < 1.29 is 14.1 Å². The molecule has 8 nitrogen and oxygen atoms in total. The molecule has 2 heterocycles. The highest BCUT2D eigenvalue weighted by Gasteiger charge is 2.22. The summed E-state index contributed by atoms with van der Waals surface area (Å²) in [7, 11) is 1.65. The van der Waals surface area contributed by atoms with Crippen molar-refractivity contribution in [3.63, 3.8) is 0 Å². The number of nitrogens with one attached hydrogen (secondary N) is 1. The van der Waals surface area contributed by atoms with Gasteiger partial charge in [0.2, 0.25) is 11.8 Å². The van der Waals surface area contributed by atoms with Gasteiger partial charge in [0.25, 0.3) is 0 Å². The van der Waals surface area contributed by atoms with Gasteiger partial charge in [-0.1, -0.05) is 18.0 Å². The Kier molecular flexibility index (Phi) is 5.80. The van der Waals surface area contributed by atoms with E-state index in [1.807, 2.05) is 13.1 Å². The van der Waals surface area contributed by atoms with E-state index in [0.717, 1.165) is 18.7 Å². The van der Waals surface area contributed by atoms with E-state index in [0.29, 0.717) is 30.7 Å². The van der Waals surface area contributed by atoms with Crippen LogP contribution in [0.5, 0.6) is 0 Å². The van der Waals surface area contributed by atoms with E-state index in [9.17, 15) is 4.79 Å². The molecule has 2 aromatic heterocycles. The van der Waals surface area contributed by atoms with Crippen LogP contribution in [-0.2, 0) is 16.0 Å². The molecule has 25 heavy (non-hydrogen) atoms. The first-order valence-corrected chi connectivity index (χ1v) is 8.82. The summed E-state index contributed by atoms with van der Waals surface area (Å²) in [5.74, 6) is 2.15. The zero-order valence-corrected chi connectivity index (χ0v) is 14.8. The van der Waals surface area contributed by atoms with Crippen molar-refractivity contribution in [2.45, 2.75) is 57.4 Å². The number of ether oxygens (including phenoxy) is 1. The molecule has 0 aliphatic heterocycles. The molecule has 1 fully saturated rings. The standard InChI is InChI=1S/C17H25N5O3/c1-12(11-24-2)22-10-9-14(20-22)18-15(23)7-8-16-19-17(21-25-16)13-5-3-4-6-13/h9-10,12-13H,3-8,11H2,1-2H3,(H,18,20,23). The summed E-state index contributed by atoms with van der Waals surface area (Å²) in [5.41, 5.74) is 0.